The molecule has 1 saturated heterocycles. The van der Waals surface area contributed by atoms with Gasteiger partial charge in [0.25, 0.3) is 0 Å². The molecule has 2 nitrogen and oxygen atoms in total. The summed E-state index contributed by atoms with van der Waals surface area (Å²) in [7, 11) is 0. The third kappa shape index (κ3) is 2.84. The van der Waals surface area contributed by atoms with Gasteiger partial charge in [0, 0.05) is 6.20 Å². The number of hydrogen-bond acceptors (Lipinski definition) is 3. The van der Waals surface area contributed by atoms with Crippen LogP contribution in [0.5, 0.6) is 0 Å². The minimum atomic E-state index is 0.522. The Morgan fingerprint density at radius 3 is 2.63 bits per heavy atom. The van der Waals surface area contributed by atoms with Gasteiger partial charge in [-0.1, -0.05) is 25.1 Å². The maximum atomic E-state index is 4.85. The summed E-state index contributed by atoms with van der Waals surface area (Å²) >= 11 is 4.08. The maximum absolute atomic E-state index is 4.85. The molecule has 0 saturated carbocycles. The molecule has 100 valence electrons. The molecule has 1 fully saturated rings. The summed E-state index contributed by atoms with van der Waals surface area (Å²) < 4.78 is 2.55. The number of nitrogens with zero attached hydrogens (tertiary/aromatic N) is 2. The summed E-state index contributed by atoms with van der Waals surface area (Å²) in [6.45, 7) is 2.22. The molecule has 2 aromatic rings. The normalized spacial score (nSPS) is 16.7. The molecule has 1 aromatic carbocycles. The summed E-state index contributed by atoms with van der Waals surface area (Å²) in [5.74, 6) is 2.53. The molecular weight excluding hydrogens is 272 g/mol. The van der Waals surface area contributed by atoms with E-state index in [-0.39, 0.29) is 0 Å². The largest absolute Gasteiger partial charge is 0.240 e. The Morgan fingerprint density at radius 1 is 1.21 bits per heavy atom. The van der Waals surface area contributed by atoms with E-state index in [2.05, 4.69) is 37.4 Å². The van der Waals surface area contributed by atoms with E-state index in [1.807, 2.05) is 34.3 Å². The summed E-state index contributed by atoms with van der Waals surface area (Å²) in [5.41, 5.74) is 3.81. The highest BCUT2D eigenvalue weighted by Gasteiger charge is 2.22. The van der Waals surface area contributed by atoms with Crippen LogP contribution < -0.4 is 0 Å². The van der Waals surface area contributed by atoms with E-state index in [4.69, 9.17) is 5.10 Å². The summed E-state index contributed by atoms with van der Waals surface area (Å²) in [5, 5.41) is 4.85. The third-order valence-corrected chi connectivity index (χ3v) is 6.19. The first-order valence-corrected chi connectivity index (χ1v) is 8.85. The van der Waals surface area contributed by atoms with Gasteiger partial charge in [-0.15, -0.1) is 23.5 Å². The fourth-order valence-electron chi connectivity index (χ4n) is 2.25. The summed E-state index contributed by atoms with van der Waals surface area (Å²) in [6, 6.07) is 10.4. The van der Waals surface area contributed by atoms with Crippen LogP contribution in [0.15, 0.2) is 36.5 Å². The van der Waals surface area contributed by atoms with Crippen LogP contribution in [0.3, 0.4) is 0 Å². The van der Waals surface area contributed by atoms with Gasteiger partial charge < -0.3 is 0 Å². The second-order valence-electron chi connectivity index (χ2n) is 4.60. The Morgan fingerprint density at radius 2 is 1.95 bits per heavy atom. The van der Waals surface area contributed by atoms with Gasteiger partial charge >= 0.3 is 0 Å². The molecule has 0 atom stereocenters. The first-order valence-electron chi connectivity index (χ1n) is 6.75. The van der Waals surface area contributed by atoms with Gasteiger partial charge in [0.1, 0.15) is 0 Å². The zero-order valence-electron chi connectivity index (χ0n) is 11.1. The van der Waals surface area contributed by atoms with E-state index in [1.54, 1.807) is 0 Å². The van der Waals surface area contributed by atoms with Crippen molar-refractivity contribution in [2.45, 2.75) is 24.3 Å². The van der Waals surface area contributed by atoms with E-state index in [1.165, 1.54) is 29.2 Å². The van der Waals surface area contributed by atoms with E-state index in [0.717, 1.165) is 12.1 Å². The molecule has 3 rings (SSSR count). The van der Waals surface area contributed by atoms with Crippen molar-refractivity contribution in [2.24, 2.45) is 0 Å². The first kappa shape index (κ1) is 13.1. The van der Waals surface area contributed by atoms with Crippen LogP contribution in [0.25, 0.3) is 5.69 Å². The van der Waals surface area contributed by atoms with Gasteiger partial charge in [-0.25, -0.2) is 4.68 Å². The van der Waals surface area contributed by atoms with Crippen molar-refractivity contribution in [1.82, 2.24) is 9.78 Å². The van der Waals surface area contributed by atoms with Crippen molar-refractivity contribution in [1.29, 1.82) is 0 Å². The molecule has 0 amide bonds. The lowest BCUT2D eigenvalue weighted by molar-refractivity contribution is 0.856. The number of benzene rings is 1. The van der Waals surface area contributed by atoms with Crippen molar-refractivity contribution in [3.8, 4) is 5.69 Å². The fraction of sp³-hybridized carbons (Fsp3) is 0.400. The molecule has 1 aliphatic rings. The van der Waals surface area contributed by atoms with Crippen LogP contribution in [-0.2, 0) is 6.42 Å². The van der Waals surface area contributed by atoms with Crippen LogP contribution in [0.4, 0.5) is 0 Å². The standard InChI is InChI=1S/C15H18N2S2/c1-2-12-11-17(13-7-4-3-5-8-13)16-14(12)15-18-9-6-10-19-15/h3-5,7-8,11,15H,2,6,9-10H2,1H3. The van der Waals surface area contributed by atoms with Gasteiger partial charge in [-0.2, -0.15) is 5.10 Å². The molecule has 0 aliphatic carbocycles. The Balaban J connectivity index is 1.94. The Labute approximate surface area is 123 Å². The molecule has 1 aliphatic heterocycles. The van der Waals surface area contributed by atoms with Gasteiger partial charge in [-0.05, 0) is 42.0 Å². The van der Waals surface area contributed by atoms with Gasteiger partial charge in [0.05, 0.1) is 16.0 Å². The Hall–Kier alpha value is -0.870. The molecule has 1 aromatic heterocycles. The number of thioether (sulfide) groups is 2. The summed E-state index contributed by atoms with van der Waals surface area (Å²) in [6.07, 6.45) is 4.58. The molecule has 2 heterocycles. The van der Waals surface area contributed by atoms with Gasteiger partial charge in [0.15, 0.2) is 0 Å². The number of para-hydroxylation sites is 1. The summed E-state index contributed by atoms with van der Waals surface area (Å²) in [4.78, 5) is 0. The van der Waals surface area contributed by atoms with Crippen molar-refractivity contribution < 1.29 is 0 Å². The minimum Gasteiger partial charge on any atom is -0.240 e. The lowest BCUT2D eigenvalue weighted by Gasteiger charge is -2.19. The SMILES string of the molecule is CCc1cn(-c2ccccc2)nc1C1SCCCS1. The molecule has 4 heteroatoms. The molecule has 0 N–H and O–H groups in total. The second kappa shape index (κ2) is 6.06. The van der Waals surface area contributed by atoms with Crippen molar-refractivity contribution in [2.75, 3.05) is 11.5 Å². The Kier molecular flexibility index (Phi) is 4.18. The molecule has 0 spiro atoms. The van der Waals surface area contributed by atoms with Gasteiger partial charge in [-0.3, -0.25) is 0 Å². The smallest absolute Gasteiger partial charge is 0.0943 e. The average molecular weight is 290 g/mol. The van der Waals surface area contributed by atoms with Crippen molar-refractivity contribution >= 4 is 23.5 Å². The van der Waals surface area contributed by atoms with E-state index < -0.39 is 0 Å². The monoisotopic (exact) mass is 290 g/mol. The predicted molar refractivity (Wildman–Crippen MR) is 85.2 cm³/mol. The topological polar surface area (TPSA) is 17.8 Å². The van der Waals surface area contributed by atoms with Crippen LogP contribution >= 0.6 is 23.5 Å². The van der Waals surface area contributed by atoms with Crippen molar-refractivity contribution in [3.63, 3.8) is 0 Å². The third-order valence-electron chi connectivity index (χ3n) is 3.27. The lowest BCUT2D eigenvalue weighted by atomic mass is 10.2. The fourth-order valence-corrected chi connectivity index (χ4v) is 5.16. The molecule has 19 heavy (non-hydrogen) atoms. The quantitative estimate of drug-likeness (QED) is 0.839. The van der Waals surface area contributed by atoms with Crippen LogP contribution in [-0.4, -0.2) is 21.3 Å². The lowest BCUT2D eigenvalue weighted by Crippen LogP contribution is -2.03. The van der Waals surface area contributed by atoms with E-state index >= 15 is 0 Å². The number of aromatic nitrogens is 2. The molecule has 0 radical (unpaired) electrons. The van der Waals surface area contributed by atoms with Gasteiger partial charge in [0.2, 0.25) is 0 Å². The highest BCUT2D eigenvalue weighted by atomic mass is 32.2. The maximum Gasteiger partial charge on any atom is 0.0943 e. The second-order valence-corrected chi connectivity index (χ2v) is 7.32. The minimum absolute atomic E-state index is 0.522. The highest BCUT2D eigenvalue weighted by molar-refractivity contribution is 8.16. The first-order chi connectivity index (χ1) is 9.38. The van der Waals surface area contributed by atoms with Crippen LogP contribution in [0.1, 0.15) is 29.2 Å². The zero-order valence-corrected chi connectivity index (χ0v) is 12.7. The van der Waals surface area contributed by atoms with Crippen LogP contribution in [0, 0.1) is 0 Å². The number of rotatable bonds is 3. The van der Waals surface area contributed by atoms with Crippen molar-refractivity contribution in [3.05, 3.63) is 47.8 Å². The molecular formula is C15H18N2S2. The Bertz CT molecular complexity index is 530. The van der Waals surface area contributed by atoms with Crippen LogP contribution in [0.2, 0.25) is 0 Å². The zero-order chi connectivity index (χ0) is 13.1. The number of hydrogen-bond donors (Lipinski definition) is 0. The van der Waals surface area contributed by atoms with E-state index in [9.17, 15) is 0 Å². The molecule has 0 bridgehead atoms. The van der Waals surface area contributed by atoms with E-state index in [0.29, 0.717) is 4.58 Å². The number of aryl methyl sites for hydroxylation is 1. The predicted octanol–water partition coefficient (Wildman–Crippen LogP) is 4.30. The average Bonchev–Trinajstić information content (AvgIpc) is 2.93. The highest BCUT2D eigenvalue weighted by Crippen LogP contribution is 2.44. The molecule has 0 unspecified atom stereocenters.